The minimum absolute atomic E-state index is 0.0964. The molecule has 21 heavy (non-hydrogen) atoms. The van der Waals surface area contributed by atoms with Crippen molar-refractivity contribution in [1.82, 2.24) is 0 Å². The molecule has 0 radical (unpaired) electrons. The molecule has 1 saturated carbocycles. The normalized spacial score (nSPS) is 23.0. The molecule has 1 aliphatic carbocycles. The van der Waals surface area contributed by atoms with Crippen LogP contribution in [0.25, 0.3) is 0 Å². The van der Waals surface area contributed by atoms with Gasteiger partial charge in [-0.1, -0.05) is 60.7 Å². The molecule has 2 aromatic rings. The summed E-state index contributed by atoms with van der Waals surface area (Å²) in [6, 6.07) is 21.1. The van der Waals surface area contributed by atoms with E-state index in [0.717, 1.165) is 19.3 Å². The summed E-state index contributed by atoms with van der Waals surface area (Å²) in [5.41, 5.74) is 8.65. The van der Waals surface area contributed by atoms with Crippen LogP contribution in [0.15, 0.2) is 60.7 Å². The van der Waals surface area contributed by atoms with Gasteiger partial charge in [0.1, 0.15) is 0 Å². The lowest BCUT2D eigenvalue weighted by atomic mass is 9.82. The molecule has 2 nitrogen and oxygen atoms in total. The summed E-state index contributed by atoms with van der Waals surface area (Å²) < 4.78 is 0. The van der Waals surface area contributed by atoms with E-state index >= 15 is 0 Å². The minimum atomic E-state index is -0.112. The van der Waals surface area contributed by atoms with Crippen LogP contribution in [0.3, 0.4) is 0 Å². The molecule has 1 fully saturated rings. The molecule has 0 heterocycles. The number of aliphatic hydroxyl groups is 1. The van der Waals surface area contributed by atoms with Gasteiger partial charge in [-0.05, 0) is 35.8 Å². The Labute approximate surface area is 126 Å². The molecule has 0 aromatic heterocycles. The number of aliphatic hydroxyl groups excluding tert-OH is 1. The molecular formula is C19H23NO. The first-order chi connectivity index (χ1) is 10.2. The molecule has 0 spiro atoms. The van der Waals surface area contributed by atoms with Gasteiger partial charge >= 0.3 is 0 Å². The van der Waals surface area contributed by atoms with Gasteiger partial charge in [-0.15, -0.1) is 0 Å². The number of nitrogens with two attached hydrogens (primary N) is 1. The van der Waals surface area contributed by atoms with Crippen molar-refractivity contribution < 1.29 is 5.11 Å². The fourth-order valence-electron chi connectivity index (χ4n) is 3.72. The van der Waals surface area contributed by atoms with Crippen molar-refractivity contribution in [2.75, 3.05) is 13.2 Å². The Balaban J connectivity index is 1.87. The topological polar surface area (TPSA) is 46.2 Å². The van der Waals surface area contributed by atoms with E-state index < -0.39 is 0 Å². The lowest BCUT2D eigenvalue weighted by molar-refractivity contribution is 0.173. The highest BCUT2D eigenvalue weighted by molar-refractivity contribution is 5.29. The monoisotopic (exact) mass is 281 g/mol. The molecule has 110 valence electrons. The van der Waals surface area contributed by atoms with Crippen LogP contribution >= 0.6 is 0 Å². The van der Waals surface area contributed by atoms with Gasteiger partial charge in [0.25, 0.3) is 0 Å². The Hall–Kier alpha value is -1.64. The van der Waals surface area contributed by atoms with Crippen LogP contribution in [0.4, 0.5) is 0 Å². The average molecular weight is 281 g/mol. The van der Waals surface area contributed by atoms with Crippen LogP contribution in [0, 0.1) is 10.8 Å². The van der Waals surface area contributed by atoms with E-state index in [0.29, 0.717) is 6.54 Å². The van der Waals surface area contributed by atoms with Crippen molar-refractivity contribution >= 4 is 0 Å². The molecular weight excluding hydrogens is 258 g/mol. The van der Waals surface area contributed by atoms with E-state index in [1.54, 1.807) is 0 Å². The highest BCUT2D eigenvalue weighted by atomic mass is 16.3. The van der Waals surface area contributed by atoms with E-state index in [1.807, 2.05) is 12.1 Å². The van der Waals surface area contributed by atoms with Crippen molar-refractivity contribution in [3.63, 3.8) is 0 Å². The maximum absolute atomic E-state index is 9.87. The molecule has 2 aromatic carbocycles. The quantitative estimate of drug-likeness (QED) is 0.855. The van der Waals surface area contributed by atoms with Crippen molar-refractivity contribution in [1.29, 1.82) is 0 Å². The molecule has 1 unspecified atom stereocenters. The van der Waals surface area contributed by atoms with Gasteiger partial charge in [-0.3, -0.25) is 0 Å². The van der Waals surface area contributed by atoms with Gasteiger partial charge in [0.15, 0.2) is 0 Å². The average Bonchev–Trinajstić information content (AvgIpc) is 3.16. The summed E-state index contributed by atoms with van der Waals surface area (Å²) in [6.07, 6.45) is 2.98. The Bertz CT molecular complexity index is 534. The van der Waals surface area contributed by atoms with Crippen LogP contribution in [-0.2, 0) is 12.8 Å². The first-order valence-electron chi connectivity index (χ1n) is 7.62. The molecule has 3 N–H and O–H groups in total. The third-order valence-corrected chi connectivity index (χ3v) is 5.14. The van der Waals surface area contributed by atoms with Crippen LogP contribution in [-0.4, -0.2) is 18.3 Å². The van der Waals surface area contributed by atoms with Gasteiger partial charge in [-0.2, -0.15) is 0 Å². The molecule has 0 amide bonds. The molecule has 0 bridgehead atoms. The Morgan fingerprint density at radius 1 is 0.810 bits per heavy atom. The predicted molar refractivity (Wildman–Crippen MR) is 85.9 cm³/mol. The molecule has 0 saturated heterocycles. The van der Waals surface area contributed by atoms with Crippen molar-refractivity contribution in [2.45, 2.75) is 19.3 Å². The minimum Gasteiger partial charge on any atom is -0.396 e. The molecule has 1 atom stereocenters. The number of hydrogen-bond acceptors (Lipinski definition) is 2. The summed E-state index contributed by atoms with van der Waals surface area (Å²) in [6.45, 7) is 0.742. The highest BCUT2D eigenvalue weighted by Gasteiger charge is 2.65. The number of hydrogen-bond donors (Lipinski definition) is 2. The third kappa shape index (κ3) is 2.61. The smallest absolute Gasteiger partial charge is 0.0505 e. The van der Waals surface area contributed by atoms with E-state index in [-0.39, 0.29) is 17.4 Å². The SMILES string of the molecule is NCC1(CO)CC1(Cc1ccccc1)Cc1ccccc1. The number of rotatable bonds is 6. The van der Waals surface area contributed by atoms with Gasteiger partial charge in [0.2, 0.25) is 0 Å². The standard InChI is InChI=1S/C19H23NO/c20-14-19(15-21)13-18(19,11-16-7-3-1-4-8-16)12-17-9-5-2-6-10-17/h1-10,21H,11-15,20H2. The van der Waals surface area contributed by atoms with Crippen molar-refractivity contribution in [3.05, 3.63) is 71.8 Å². The van der Waals surface area contributed by atoms with Crippen LogP contribution < -0.4 is 5.73 Å². The van der Waals surface area contributed by atoms with Crippen molar-refractivity contribution in [3.8, 4) is 0 Å². The Morgan fingerprint density at radius 3 is 1.62 bits per heavy atom. The zero-order chi connectivity index (χ0) is 14.8. The third-order valence-electron chi connectivity index (χ3n) is 5.14. The second-order valence-corrected chi connectivity index (χ2v) is 6.42. The van der Waals surface area contributed by atoms with E-state index in [1.165, 1.54) is 11.1 Å². The summed E-state index contributed by atoms with van der Waals surface area (Å²) >= 11 is 0. The first kappa shape index (κ1) is 14.3. The summed E-state index contributed by atoms with van der Waals surface area (Å²) in [7, 11) is 0. The van der Waals surface area contributed by atoms with Crippen LogP contribution in [0.2, 0.25) is 0 Å². The Morgan fingerprint density at radius 2 is 1.29 bits per heavy atom. The second-order valence-electron chi connectivity index (χ2n) is 6.42. The van der Waals surface area contributed by atoms with Crippen LogP contribution in [0.5, 0.6) is 0 Å². The molecule has 2 heteroatoms. The molecule has 3 rings (SSSR count). The first-order valence-corrected chi connectivity index (χ1v) is 7.62. The fraction of sp³-hybridized carbons (Fsp3) is 0.368. The van der Waals surface area contributed by atoms with Gasteiger partial charge in [-0.25, -0.2) is 0 Å². The van der Waals surface area contributed by atoms with Gasteiger partial charge < -0.3 is 10.8 Å². The van der Waals surface area contributed by atoms with Crippen molar-refractivity contribution in [2.24, 2.45) is 16.6 Å². The van der Waals surface area contributed by atoms with E-state index in [4.69, 9.17) is 5.73 Å². The van der Waals surface area contributed by atoms with E-state index in [2.05, 4.69) is 48.5 Å². The maximum Gasteiger partial charge on any atom is 0.0505 e. The zero-order valence-electron chi connectivity index (χ0n) is 12.3. The molecule has 1 aliphatic rings. The largest absolute Gasteiger partial charge is 0.396 e. The zero-order valence-corrected chi connectivity index (χ0v) is 12.3. The van der Waals surface area contributed by atoms with Gasteiger partial charge in [0, 0.05) is 12.0 Å². The van der Waals surface area contributed by atoms with E-state index in [9.17, 15) is 5.11 Å². The Kier molecular flexibility index (Phi) is 3.83. The second kappa shape index (κ2) is 5.63. The van der Waals surface area contributed by atoms with Crippen LogP contribution in [0.1, 0.15) is 17.5 Å². The summed E-state index contributed by atoms with van der Waals surface area (Å²) in [4.78, 5) is 0. The summed E-state index contributed by atoms with van der Waals surface area (Å²) in [5.74, 6) is 0. The highest BCUT2D eigenvalue weighted by Crippen LogP contribution is 2.66. The van der Waals surface area contributed by atoms with Gasteiger partial charge in [0.05, 0.1) is 6.61 Å². The summed E-state index contributed by atoms with van der Waals surface area (Å²) in [5, 5.41) is 9.87. The molecule has 0 aliphatic heterocycles. The fourth-order valence-corrected chi connectivity index (χ4v) is 3.72. The maximum atomic E-state index is 9.87. The lowest BCUT2D eigenvalue weighted by Gasteiger charge is -2.24. The predicted octanol–water partition coefficient (Wildman–Crippen LogP) is 2.80. The lowest BCUT2D eigenvalue weighted by Crippen LogP contribution is -2.30. The number of benzene rings is 2.